The minimum Gasteiger partial charge on any atom is -0.378 e. The molecule has 0 spiro atoms. The van der Waals surface area contributed by atoms with E-state index in [0.29, 0.717) is 6.54 Å². The lowest BCUT2D eigenvalue weighted by atomic mass is 10.1. The molecule has 0 bridgehead atoms. The Morgan fingerprint density at radius 2 is 1.86 bits per heavy atom. The van der Waals surface area contributed by atoms with Crippen LogP contribution < -0.4 is 15.5 Å². The molecule has 0 saturated carbocycles. The number of guanidine groups is 1. The molecule has 0 radical (unpaired) electrons. The van der Waals surface area contributed by atoms with Crippen molar-refractivity contribution in [2.75, 3.05) is 32.6 Å². The molecule has 2 N–H and O–H groups in total. The number of aromatic nitrogens is 3. The van der Waals surface area contributed by atoms with Gasteiger partial charge in [0.15, 0.2) is 17.4 Å². The van der Waals surface area contributed by atoms with Crippen molar-refractivity contribution in [1.29, 1.82) is 0 Å². The SMILES string of the molecule is CN=C(NCCCc1ccc(N(C)C)cc1)NCc1nnc2ccccn12.I. The molecule has 1 aromatic carbocycles. The summed E-state index contributed by atoms with van der Waals surface area (Å²) in [6.07, 6.45) is 4.03. The maximum absolute atomic E-state index is 4.27. The smallest absolute Gasteiger partial charge is 0.191 e. The first-order valence-electron chi connectivity index (χ1n) is 9.17. The molecule has 0 aliphatic rings. The summed E-state index contributed by atoms with van der Waals surface area (Å²) >= 11 is 0. The summed E-state index contributed by atoms with van der Waals surface area (Å²) < 4.78 is 1.97. The molecular formula is C20H28IN7. The van der Waals surface area contributed by atoms with Crippen molar-refractivity contribution in [3.8, 4) is 0 Å². The number of benzene rings is 1. The van der Waals surface area contributed by atoms with Crippen LogP contribution in [-0.4, -0.2) is 48.2 Å². The van der Waals surface area contributed by atoms with Crippen molar-refractivity contribution < 1.29 is 0 Å². The summed E-state index contributed by atoms with van der Waals surface area (Å²) in [6.45, 7) is 1.42. The average molecular weight is 493 g/mol. The summed E-state index contributed by atoms with van der Waals surface area (Å²) in [4.78, 5) is 6.39. The van der Waals surface area contributed by atoms with E-state index in [9.17, 15) is 0 Å². The number of nitrogens with one attached hydrogen (secondary N) is 2. The van der Waals surface area contributed by atoms with Gasteiger partial charge in [-0.05, 0) is 42.7 Å². The largest absolute Gasteiger partial charge is 0.378 e. The lowest BCUT2D eigenvalue weighted by Gasteiger charge is -2.13. The molecule has 2 aromatic heterocycles. The predicted octanol–water partition coefficient (Wildman–Crippen LogP) is 2.71. The number of fused-ring (bicyclic) bond motifs is 1. The van der Waals surface area contributed by atoms with Gasteiger partial charge in [0.1, 0.15) is 0 Å². The van der Waals surface area contributed by atoms with E-state index in [-0.39, 0.29) is 24.0 Å². The first-order valence-corrected chi connectivity index (χ1v) is 9.17. The van der Waals surface area contributed by atoms with Crippen LogP contribution in [0.1, 0.15) is 17.8 Å². The van der Waals surface area contributed by atoms with Crippen LogP contribution in [0.15, 0.2) is 53.7 Å². The van der Waals surface area contributed by atoms with Crippen molar-refractivity contribution in [3.05, 3.63) is 60.0 Å². The van der Waals surface area contributed by atoms with Gasteiger partial charge in [-0.25, -0.2) is 0 Å². The molecule has 3 rings (SSSR count). The number of hydrogen-bond acceptors (Lipinski definition) is 4. The normalized spacial score (nSPS) is 11.2. The molecule has 0 amide bonds. The fourth-order valence-corrected chi connectivity index (χ4v) is 2.85. The van der Waals surface area contributed by atoms with Crippen LogP contribution in [0.25, 0.3) is 5.65 Å². The molecule has 3 aromatic rings. The number of rotatable bonds is 7. The Balaban J connectivity index is 0.00000280. The van der Waals surface area contributed by atoms with Gasteiger partial charge in [0.2, 0.25) is 0 Å². The summed E-state index contributed by atoms with van der Waals surface area (Å²) in [5.74, 6) is 1.63. The molecule has 0 aliphatic heterocycles. The van der Waals surface area contributed by atoms with Crippen molar-refractivity contribution in [2.45, 2.75) is 19.4 Å². The second kappa shape index (κ2) is 10.8. The molecule has 0 aliphatic carbocycles. The lowest BCUT2D eigenvalue weighted by molar-refractivity contribution is 0.727. The summed E-state index contributed by atoms with van der Waals surface area (Å²) in [5, 5.41) is 15.0. The molecule has 0 atom stereocenters. The molecule has 8 heteroatoms. The minimum atomic E-state index is 0. The molecule has 2 heterocycles. The van der Waals surface area contributed by atoms with Crippen molar-refractivity contribution in [2.24, 2.45) is 4.99 Å². The fourth-order valence-electron chi connectivity index (χ4n) is 2.85. The first kappa shape index (κ1) is 21.9. The van der Waals surface area contributed by atoms with E-state index < -0.39 is 0 Å². The van der Waals surface area contributed by atoms with E-state index in [0.717, 1.165) is 36.8 Å². The Morgan fingerprint density at radius 1 is 1.07 bits per heavy atom. The number of aliphatic imine (C=N–C) groups is 1. The Bertz CT molecular complexity index is 887. The third-order valence-corrected chi connectivity index (χ3v) is 4.41. The Hall–Kier alpha value is -2.36. The summed E-state index contributed by atoms with van der Waals surface area (Å²) in [7, 11) is 5.89. The fraction of sp³-hybridized carbons (Fsp3) is 0.350. The topological polar surface area (TPSA) is 69.8 Å². The molecule has 0 fully saturated rings. The number of hydrogen-bond donors (Lipinski definition) is 2. The average Bonchev–Trinajstić information content (AvgIpc) is 3.11. The van der Waals surface area contributed by atoms with Crippen molar-refractivity contribution in [1.82, 2.24) is 25.2 Å². The summed E-state index contributed by atoms with van der Waals surface area (Å²) in [6, 6.07) is 14.6. The summed E-state index contributed by atoms with van der Waals surface area (Å²) in [5.41, 5.74) is 3.42. The van der Waals surface area contributed by atoms with Gasteiger partial charge in [-0.15, -0.1) is 34.2 Å². The maximum atomic E-state index is 4.27. The predicted molar refractivity (Wildman–Crippen MR) is 126 cm³/mol. The van der Waals surface area contributed by atoms with Crippen LogP contribution in [0.2, 0.25) is 0 Å². The number of halogens is 1. The molecule has 150 valence electrons. The van der Waals surface area contributed by atoms with Crippen LogP contribution in [0.5, 0.6) is 0 Å². The van der Waals surface area contributed by atoms with Crippen LogP contribution in [-0.2, 0) is 13.0 Å². The number of aryl methyl sites for hydroxylation is 1. The van der Waals surface area contributed by atoms with E-state index in [1.165, 1.54) is 11.3 Å². The Morgan fingerprint density at radius 3 is 2.57 bits per heavy atom. The quantitative estimate of drug-likeness (QED) is 0.229. The van der Waals surface area contributed by atoms with Crippen LogP contribution in [0.4, 0.5) is 5.69 Å². The number of anilines is 1. The van der Waals surface area contributed by atoms with E-state index in [2.05, 4.69) is 69.1 Å². The van der Waals surface area contributed by atoms with Gasteiger partial charge in [-0.3, -0.25) is 9.39 Å². The number of pyridine rings is 1. The standard InChI is InChI=1S/C20H27N7.HI/c1-21-20(23-15-19-25-24-18-8-4-5-14-27(18)19)22-13-6-7-16-9-11-17(12-10-16)26(2)3;/h4-5,8-12,14H,6-7,13,15H2,1-3H3,(H2,21,22,23);1H. The van der Waals surface area contributed by atoms with Crippen molar-refractivity contribution >= 4 is 41.3 Å². The highest BCUT2D eigenvalue weighted by molar-refractivity contribution is 14.0. The van der Waals surface area contributed by atoms with Crippen LogP contribution in [0, 0.1) is 0 Å². The maximum Gasteiger partial charge on any atom is 0.191 e. The van der Waals surface area contributed by atoms with Crippen LogP contribution in [0.3, 0.4) is 0 Å². The lowest BCUT2D eigenvalue weighted by Crippen LogP contribution is -2.37. The van der Waals surface area contributed by atoms with E-state index >= 15 is 0 Å². The second-order valence-corrected chi connectivity index (χ2v) is 6.56. The molecule has 7 nitrogen and oxygen atoms in total. The van der Waals surface area contributed by atoms with Gasteiger partial charge in [0.05, 0.1) is 6.54 Å². The second-order valence-electron chi connectivity index (χ2n) is 6.56. The van der Waals surface area contributed by atoms with E-state index in [1.807, 2.05) is 28.8 Å². The molecular weight excluding hydrogens is 465 g/mol. The first-order chi connectivity index (χ1) is 13.2. The highest BCUT2D eigenvalue weighted by Crippen LogP contribution is 2.13. The minimum absolute atomic E-state index is 0. The molecule has 0 unspecified atom stereocenters. The third kappa shape index (κ3) is 5.82. The molecule has 28 heavy (non-hydrogen) atoms. The van der Waals surface area contributed by atoms with Gasteiger partial charge in [0.25, 0.3) is 0 Å². The Labute approximate surface area is 183 Å². The molecule has 0 saturated heterocycles. The van der Waals surface area contributed by atoms with Gasteiger partial charge < -0.3 is 15.5 Å². The monoisotopic (exact) mass is 493 g/mol. The Kier molecular flexibility index (Phi) is 8.49. The van der Waals surface area contributed by atoms with Gasteiger partial charge in [0, 0.05) is 39.6 Å². The zero-order valence-corrected chi connectivity index (χ0v) is 18.9. The zero-order chi connectivity index (χ0) is 19.1. The van der Waals surface area contributed by atoms with E-state index in [4.69, 9.17) is 0 Å². The highest BCUT2D eigenvalue weighted by Gasteiger charge is 2.05. The van der Waals surface area contributed by atoms with E-state index in [1.54, 1.807) is 7.05 Å². The highest BCUT2D eigenvalue weighted by atomic mass is 127. The zero-order valence-electron chi connectivity index (χ0n) is 16.6. The number of nitrogens with zero attached hydrogens (tertiary/aromatic N) is 5. The van der Waals surface area contributed by atoms with Crippen LogP contribution >= 0.6 is 24.0 Å². The van der Waals surface area contributed by atoms with Gasteiger partial charge in [-0.1, -0.05) is 18.2 Å². The van der Waals surface area contributed by atoms with Gasteiger partial charge >= 0.3 is 0 Å². The van der Waals surface area contributed by atoms with Crippen molar-refractivity contribution in [3.63, 3.8) is 0 Å². The van der Waals surface area contributed by atoms with Gasteiger partial charge in [-0.2, -0.15) is 0 Å². The third-order valence-electron chi connectivity index (χ3n) is 4.41.